The van der Waals surface area contributed by atoms with Gasteiger partial charge in [-0.2, -0.15) is 0 Å². The molecule has 1 aromatic heterocycles. The number of nitrogens with zero attached hydrogens (tertiary/aromatic N) is 3. The Kier molecular flexibility index (Phi) is 7.18. The van der Waals surface area contributed by atoms with Crippen molar-refractivity contribution in [3.63, 3.8) is 0 Å². The molecule has 186 valence electrons. The Bertz CT molecular complexity index is 1020. The predicted molar refractivity (Wildman–Crippen MR) is 141 cm³/mol. The van der Waals surface area contributed by atoms with Gasteiger partial charge in [-0.15, -0.1) is 12.4 Å². The predicted octanol–water partition coefficient (Wildman–Crippen LogP) is 5.95. The third-order valence-corrected chi connectivity index (χ3v) is 10.1. The number of aromatic nitrogens is 1. The summed E-state index contributed by atoms with van der Waals surface area (Å²) in [7, 11) is 0. The van der Waals surface area contributed by atoms with Crippen LogP contribution in [0.4, 0.5) is 5.13 Å². The number of hydrogen-bond acceptors (Lipinski definition) is 5. The minimum absolute atomic E-state index is 0. The molecule has 2 heterocycles. The van der Waals surface area contributed by atoms with Crippen LogP contribution in [0.2, 0.25) is 5.02 Å². The lowest BCUT2D eigenvalue weighted by atomic mass is 9.49. The molecule has 5 nitrogen and oxygen atoms in total. The first-order chi connectivity index (χ1) is 16.0. The second kappa shape index (κ2) is 9.85. The molecular weight excluding hydrogens is 489 g/mol. The number of ether oxygens (including phenoxy) is 1. The summed E-state index contributed by atoms with van der Waals surface area (Å²) in [5, 5.41) is 1.60. The maximum Gasteiger partial charge on any atom is 0.235 e. The van der Waals surface area contributed by atoms with Gasteiger partial charge in [0.1, 0.15) is 0 Å². The van der Waals surface area contributed by atoms with Crippen LogP contribution in [-0.2, 0) is 9.53 Å². The van der Waals surface area contributed by atoms with Gasteiger partial charge in [-0.25, -0.2) is 4.98 Å². The van der Waals surface area contributed by atoms with Crippen molar-refractivity contribution in [2.24, 2.45) is 23.2 Å². The zero-order valence-electron chi connectivity index (χ0n) is 19.9. The van der Waals surface area contributed by atoms with Gasteiger partial charge in [-0.05, 0) is 87.3 Å². The van der Waals surface area contributed by atoms with Crippen molar-refractivity contribution >= 4 is 56.6 Å². The highest BCUT2D eigenvalue weighted by atomic mass is 35.5. The van der Waals surface area contributed by atoms with Crippen molar-refractivity contribution in [2.75, 3.05) is 44.3 Å². The molecule has 0 N–H and O–H groups in total. The van der Waals surface area contributed by atoms with E-state index in [0.717, 1.165) is 109 Å². The number of carbonyl (C=O) groups excluding carboxylic acids is 1. The van der Waals surface area contributed by atoms with Crippen molar-refractivity contribution in [2.45, 2.75) is 51.9 Å². The molecule has 2 aromatic rings. The number of amides is 1. The lowest BCUT2D eigenvalue weighted by molar-refractivity contribution is -0.143. The summed E-state index contributed by atoms with van der Waals surface area (Å²) in [6.07, 6.45) is 8.29. The van der Waals surface area contributed by atoms with Gasteiger partial charge >= 0.3 is 0 Å². The summed E-state index contributed by atoms with van der Waals surface area (Å²) in [6.45, 7) is 7.37. The number of thiazole rings is 1. The van der Waals surface area contributed by atoms with Crippen molar-refractivity contribution in [1.82, 2.24) is 9.88 Å². The number of anilines is 1. The Labute approximate surface area is 217 Å². The average molecular weight is 525 g/mol. The zero-order chi connectivity index (χ0) is 22.6. The Morgan fingerprint density at radius 2 is 1.82 bits per heavy atom. The lowest BCUT2D eigenvalue weighted by Gasteiger charge is -2.56. The highest BCUT2D eigenvalue weighted by Gasteiger charge is 2.56. The number of rotatable bonds is 6. The summed E-state index contributed by atoms with van der Waals surface area (Å²) in [4.78, 5) is 23.9. The van der Waals surface area contributed by atoms with Crippen LogP contribution >= 0.6 is 35.3 Å². The standard InChI is InChI=1S/C26H34ClN3O2S.ClH/c1-17-21(27)3-4-22-23(17)28-25(33-22)30(6-2-5-29-7-9-32-10-8-29)24(31)26-14-18-11-19(15-26)13-20(12-18)16-26;/h3-4,18-20H,2,5-16H2,1H3;1H. The van der Waals surface area contributed by atoms with E-state index in [1.54, 1.807) is 11.3 Å². The highest BCUT2D eigenvalue weighted by molar-refractivity contribution is 7.22. The van der Waals surface area contributed by atoms with Crippen LogP contribution in [0, 0.1) is 30.1 Å². The van der Waals surface area contributed by atoms with E-state index in [-0.39, 0.29) is 17.8 Å². The fourth-order valence-electron chi connectivity index (χ4n) is 7.42. The van der Waals surface area contributed by atoms with E-state index >= 15 is 0 Å². The third-order valence-electron chi connectivity index (χ3n) is 8.66. The van der Waals surface area contributed by atoms with Crippen LogP contribution in [0.3, 0.4) is 0 Å². The summed E-state index contributed by atoms with van der Waals surface area (Å²) < 4.78 is 6.62. The molecule has 4 bridgehead atoms. The van der Waals surface area contributed by atoms with E-state index in [1.807, 2.05) is 19.1 Å². The van der Waals surface area contributed by atoms with Crippen LogP contribution < -0.4 is 4.90 Å². The molecular formula is C26H35Cl2N3O2S. The average Bonchev–Trinajstić information content (AvgIpc) is 3.23. The molecule has 1 saturated heterocycles. The first-order valence-corrected chi connectivity index (χ1v) is 13.9. The number of fused-ring (bicyclic) bond motifs is 1. The van der Waals surface area contributed by atoms with E-state index in [4.69, 9.17) is 21.3 Å². The SMILES string of the molecule is Cc1c(Cl)ccc2sc(N(CCCN3CCOCC3)C(=O)C34CC5CC(CC(C5)C3)C4)nc12.Cl. The summed E-state index contributed by atoms with van der Waals surface area (Å²) in [6, 6.07) is 4.00. The van der Waals surface area contributed by atoms with Crippen LogP contribution in [0.1, 0.15) is 50.5 Å². The quantitative estimate of drug-likeness (QED) is 0.469. The fraction of sp³-hybridized carbons (Fsp3) is 0.692. The third kappa shape index (κ3) is 4.50. The first-order valence-electron chi connectivity index (χ1n) is 12.7. The molecule has 5 fully saturated rings. The number of benzene rings is 1. The van der Waals surface area contributed by atoms with Crippen molar-refractivity contribution < 1.29 is 9.53 Å². The monoisotopic (exact) mass is 523 g/mol. The fourth-order valence-corrected chi connectivity index (χ4v) is 8.63. The molecule has 4 saturated carbocycles. The van der Waals surface area contributed by atoms with Gasteiger partial charge in [0.25, 0.3) is 0 Å². The Balaban J connectivity index is 0.00000241. The maximum atomic E-state index is 14.3. The Morgan fingerprint density at radius 1 is 1.18 bits per heavy atom. The van der Waals surface area contributed by atoms with Crippen LogP contribution in [-0.4, -0.2) is 55.2 Å². The minimum atomic E-state index is -0.155. The van der Waals surface area contributed by atoms with Gasteiger partial charge in [0, 0.05) is 31.2 Å². The topological polar surface area (TPSA) is 45.7 Å². The van der Waals surface area contributed by atoms with E-state index in [0.29, 0.717) is 5.91 Å². The highest BCUT2D eigenvalue weighted by Crippen LogP contribution is 2.60. The molecule has 1 amide bonds. The minimum Gasteiger partial charge on any atom is -0.379 e. The van der Waals surface area contributed by atoms with Gasteiger partial charge in [-0.3, -0.25) is 14.6 Å². The van der Waals surface area contributed by atoms with Crippen molar-refractivity contribution in [3.05, 3.63) is 22.7 Å². The van der Waals surface area contributed by atoms with Crippen molar-refractivity contribution in [1.29, 1.82) is 0 Å². The molecule has 0 atom stereocenters. The summed E-state index contributed by atoms with van der Waals surface area (Å²) >= 11 is 8.04. The van der Waals surface area contributed by atoms with Gasteiger partial charge in [0.2, 0.25) is 5.91 Å². The van der Waals surface area contributed by atoms with Crippen molar-refractivity contribution in [3.8, 4) is 0 Å². The number of halogens is 2. The van der Waals surface area contributed by atoms with E-state index in [1.165, 1.54) is 19.3 Å². The number of hydrogen-bond donors (Lipinski definition) is 0. The van der Waals surface area contributed by atoms with Gasteiger partial charge in [0.05, 0.1) is 28.8 Å². The summed E-state index contributed by atoms with van der Waals surface area (Å²) in [5.41, 5.74) is 1.80. The normalized spacial score (nSPS) is 30.5. The van der Waals surface area contributed by atoms with E-state index < -0.39 is 0 Å². The second-order valence-electron chi connectivity index (χ2n) is 11.0. The lowest BCUT2D eigenvalue weighted by Crippen LogP contribution is -2.55. The largest absolute Gasteiger partial charge is 0.379 e. The molecule has 0 radical (unpaired) electrons. The molecule has 4 aliphatic carbocycles. The van der Waals surface area contributed by atoms with Crippen LogP contribution in [0.25, 0.3) is 10.2 Å². The van der Waals surface area contributed by atoms with Gasteiger partial charge in [-0.1, -0.05) is 22.9 Å². The van der Waals surface area contributed by atoms with E-state index in [9.17, 15) is 4.79 Å². The number of aryl methyl sites for hydroxylation is 1. The Morgan fingerprint density at radius 3 is 2.47 bits per heavy atom. The Hall–Kier alpha value is -0.920. The van der Waals surface area contributed by atoms with E-state index in [2.05, 4.69) is 9.80 Å². The molecule has 5 aliphatic rings. The summed E-state index contributed by atoms with van der Waals surface area (Å²) in [5.74, 6) is 2.62. The maximum absolute atomic E-state index is 14.3. The zero-order valence-corrected chi connectivity index (χ0v) is 22.3. The molecule has 1 aliphatic heterocycles. The number of morpholine rings is 1. The smallest absolute Gasteiger partial charge is 0.235 e. The van der Waals surface area contributed by atoms with Gasteiger partial charge in [0.15, 0.2) is 5.13 Å². The molecule has 0 unspecified atom stereocenters. The molecule has 1 aromatic carbocycles. The second-order valence-corrected chi connectivity index (χ2v) is 12.4. The van der Waals surface area contributed by atoms with Crippen LogP contribution in [0.15, 0.2) is 12.1 Å². The number of carbonyl (C=O) groups is 1. The van der Waals surface area contributed by atoms with Gasteiger partial charge < -0.3 is 4.74 Å². The molecule has 7 rings (SSSR count). The molecule has 34 heavy (non-hydrogen) atoms. The first kappa shape index (κ1) is 24.8. The molecule has 0 spiro atoms. The molecule has 8 heteroatoms. The van der Waals surface area contributed by atoms with Crippen LogP contribution in [0.5, 0.6) is 0 Å².